The van der Waals surface area contributed by atoms with E-state index in [4.69, 9.17) is 9.73 Å². The van der Waals surface area contributed by atoms with Crippen LogP contribution < -0.4 is 5.32 Å². The van der Waals surface area contributed by atoms with Crippen LogP contribution >= 0.6 is 24.0 Å². The molecule has 1 aromatic heterocycles. The van der Waals surface area contributed by atoms with Crippen molar-refractivity contribution in [1.82, 2.24) is 19.7 Å². The molecule has 0 saturated carbocycles. The highest BCUT2D eigenvalue weighted by Gasteiger charge is 2.23. The predicted octanol–water partition coefficient (Wildman–Crippen LogP) is 2.15. The lowest BCUT2D eigenvalue weighted by atomic mass is 10.2. The second-order valence-corrected chi connectivity index (χ2v) is 6.67. The van der Waals surface area contributed by atoms with Crippen LogP contribution in [0.1, 0.15) is 26.5 Å². The maximum absolute atomic E-state index is 5.53. The summed E-state index contributed by atoms with van der Waals surface area (Å²) in [5, 5.41) is 3.41. The van der Waals surface area contributed by atoms with Crippen LogP contribution in [-0.4, -0.2) is 72.3 Å². The molecule has 1 saturated heterocycles. The lowest BCUT2D eigenvalue weighted by Crippen LogP contribution is -2.49. The molecule has 1 aliphatic rings. The Bertz CT molecular complexity index is 533. The summed E-state index contributed by atoms with van der Waals surface area (Å²) in [5.74, 6) is 0.964. The van der Waals surface area contributed by atoms with E-state index in [0.29, 0.717) is 12.1 Å². The van der Waals surface area contributed by atoms with Gasteiger partial charge in [0.2, 0.25) is 0 Å². The third-order valence-electron chi connectivity index (χ3n) is 4.64. The molecule has 6 nitrogen and oxygen atoms in total. The fourth-order valence-electron chi connectivity index (χ4n) is 3.17. The Morgan fingerprint density at radius 3 is 2.88 bits per heavy atom. The van der Waals surface area contributed by atoms with E-state index >= 15 is 0 Å². The molecule has 1 aliphatic heterocycles. The van der Waals surface area contributed by atoms with E-state index in [-0.39, 0.29) is 24.0 Å². The van der Waals surface area contributed by atoms with Gasteiger partial charge in [-0.25, -0.2) is 0 Å². The van der Waals surface area contributed by atoms with Gasteiger partial charge in [-0.3, -0.25) is 9.89 Å². The number of nitrogens with one attached hydrogen (secondary N) is 1. The van der Waals surface area contributed by atoms with E-state index in [1.165, 1.54) is 5.69 Å². The van der Waals surface area contributed by atoms with Crippen molar-refractivity contribution < 1.29 is 4.74 Å². The second-order valence-electron chi connectivity index (χ2n) is 6.67. The standard InChI is InChI=1S/C18H33N5O.HI/c1-6-19-18(22(5)13-17-8-7-9-21(17)4)20-12-15(2)23-10-11-24-14-16(23)3;/h7-9,15-16H,6,10-14H2,1-5H3,(H,19,20);1H. The molecule has 7 heteroatoms. The minimum absolute atomic E-state index is 0. The van der Waals surface area contributed by atoms with Crippen LogP contribution in [-0.2, 0) is 18.3 Å². The van der Waals surface area contributed by atoms with Crippen LogP contribution in [0, 0.1) is 0 Å². The highest BCUT2D eigenvalue weighted by molar-refractivity contribution is 14.0. The van der Waals surface area contributed by atoms with Crippen LogP contribution in [0.2, 0.25) is 0 Å². The van der Waals surface area contributed by atoms with E-state index in [1.807, 2.05) is 0 Å². The van der Waals surface area contributed by atoms with Crippen molar-refractivity contribution >= 4 is 29.9 Å². The van der Waals surface area contributed by atoms with Crippen LogP contribution in [0.15, 0.2) is 23.3 Å². The Labute approximate surface area is 169 Å². The number of aryl methyl sites for hydroxylation is 1. The number of ether oxygens (including phenoxy) is 1. The Kier molecular flexibility index (Phi) is 9.81. The molecule has 0 amide bonds. The SMILES string of the molecule is CCNC(=NCC(C)N1CCOCC1C)N(C)Cc1cccn1C.I. The number of hydrogen-bond acceptors (Lipinski definition) is 3. The minimum Gasteiger partial charge on any atom is -0.379 e. The van der Waals surface area contributed by atoms with Crippen molar-refractivity contribution in [3.05, 3.63) is 24.0 Å². The highest BCUT2D eigenvalue weighted by atomic mass is 127. The van der Waals surface area contributed by atoms with Gasteiger partial charge in [0.05, 0.1) is 26.3 Å². The lowest BCUT2D eigenvalue weighted by molar-refractivity contribution is -0.0166. The molecule has 1 N–H and O–H groups in total. The third-order valence-corrected chi connectivity index (χ3v) is 4.64. The van der Waals surface area contributed by atoms with Gasteiger partial charge < -0.3 is 19.5 Å². The zero-order valence-electron chi connectivity index (χ0n) is 16.2. The zero-order valence-corrected chi connectivity index (χ0v) is 18.6. The summed E-state index contributed by atoms with van der Waals surface area (Å²) in [4.78, 5) is 9.56. The van der Waals surface area contributed by atoms with Gasteiger partial charge in [0.1, 0.15) is 0 Å². The molecule has 2 heterocycles. The first-order chi connectivity index (χ1) is 11.5. The van der Waals surface area contributed by atoms with E-state index in [2.05, 4.69) is 72.9 Å². The molecule has 0 aromatic carbocycles. The van der Waals surface area contributed by atoms with Crippen LogP contribution in [0.3, 0.4) is 0 Å². The number of nitrogens with zero attached hydrogens (tertiary/aromatic N) is 4. The van der Waals surface area contributed by atoms with Gasteiger partial charge in [0, 0.05) is 51.2 Å². The monoisotopic (exact) mass is 463 g/mol. The number of hydrogen-bond donors (Lipinski definition) is 1. The molecule has 1 fully saturated rings. The van der Waals surface area contributed by atoms with Gasteiger partial charge in [0.15, 0.2) is 5.96 Å². The fourth-order valence-corrected chi connectivity index (χ4v) is 3.17. The third kappa shape index (κ3) is 6.45. The number of aliphatic imine (C=N–C) groups is 1. The first-order valence-electron chi connectivity index (χ1n) is 8.96. The Morgan fingerprint density at radius 1 is 1.52 bits per heavy atom. The van der Waals surface area contributed by atoms with Crippen molar-refractivity contribution in [3.63, 3.8) is 0 Å². The van der Waals surface area contributed by atoms with E-state index in [1.54, 1.807) is 0 Å². The minimum atomic E-state index is 0. The van der Waals surface area contributed by atoms with Crippen molar-refractivity contribution in [2.45, 2.75) is 39.4 Å². The van der Waals surface area contributed by atoms with E-state index in [9.17, 15) is 0 Å². The number of morpholine rings is 1. The summed E-state index contributed by atoms with van der Waals surface area (Å²) in [5.41, 5.74) is 1.28. The van der Waals surface area contributed by atoms with Gasteiger partial charge in [-0.05, 0) is 32.9 Å². The predicted molar refractivity (Wildman–Crippen MR) is 115 cm³/mol. The quantitative estimate of drug-likeness (QED) is 0.399. The maximum atomic E-state index is 5.53. The van der Waals surface area contributed by atoms with Gasteiger partial charge >= 0.3 is 0 Å². The highest BCUT2D eigenvalue weighted by Crippen LogP contribution is 2.11. The first kappa shape index (κ1) is 22.2. The number of guanidine groups is 1. The molecular weight excluding hydrogens is 429 g/mol. The molecule has 25 heavy (non-hydrogen) atoms. The Hall–Kier alpha value is -0.800. The normalized spacial score (nSPS) is 20.0. The molecule has 2 rings (SSSR count). The van der Waals surface area contributed by atoms with Gasteiger partial charge in [-0.1, -0.05) is 0 Å². The van der Waals surface area contributed by atoms with Crippen molar-refractivity contribution in [3.8, 4) is 0 Å². The Morgan fingerprint density at radius 2 is 2.28 bits per heavy atom. The molecule has 0 radical (unpaired) electrons. The van der Waals surface area contributed by atoms with Crippen molar-refractivity contribution in [2.75, 3.05) is 39.9 Å². The summed E-state index contributed by atoms with van der Waals surface area (Å²) >= 11 is 0. The molecular formula is C18H34IN5O. The van der Waals surface area contributed by atoms with E-state index in [0.717, 1.165) is 45.4 Å². The molecule has 1 aromatic rings. The van der Waals surface area contributed by atoms with E-state index < -0.39 is 0 Å². The fraction of sp³-hybridized carbons (Fsp3) is 0.722. The number of aromatic nitrogens is 1. The van der Waals surface area contributed by atoms with Crippen LogP contribution in [0.4, 0.5) is 0 Å². The van der Waals surface area contributed by atoms with Gasteiger partial charge in [0.25, 0.3) is 0 Å². The van der Waals surface area contributed by atoms with Crippen molar-refractivity contribution in [1.29, 1.82) is 0 Å². The summed E-state index contributed by atoms with van der Waals surface area (Å²) in [7, 11) is 4.17. The Balaban J connectivity index is 0.00000312. The van der Waals surface area contributed by atoms with Crippen LogP contribution in [0.5, 0.6) is 0 Å². The van der Waals surface area contributed by atoms with Gasteiger partial charge in [-0.2, -0.15) is 0 Å². The van der Waals surface area contributed by atoms with Crippen molar-refractivity contribution in [2.24, 2.45) is 12.0 Å². The lowest BCUT2D eigenvalue weighted by Gasteiger charge is -2.37. The smallest absolute Gasteiger partial charge is 0.194 e. The average Bonchev–Trinajstić information content (AvgIpc) is 2.96. The molecule has 2 unspecified atom stereocenters. The summed E-state index contributed by atoms with van der Waals surface area (Å²) < 4.78 is 7.68. The molecule has 0 spiro atoms. The zero-order chi connectivity index (χ0) is 17.5. The topological polar surface area (TPSA) is 45.0 Å². The molecule has 0 aliphatic carbocycles. The second kappa shape index (κ2) is 11.0. The largest absolute Gasteiger partial charge is 0.379 e. The molecule has 0 bridgehead atoms. The van der Waals surface area contributed by atoms with Gasteiger partial charge in [-0.15, -0.1) is 24.0 Å². The number of rotatable bonds is 6. The summed E-state index contributed by atoms with van der Waals surface area (Å²) in [6.45, 7) is 11.7. The average molecular weight is 463 g/mol. The first-order valence-corrected chi connectivity index (χ1v) is 8.96. The van der Waals surface area contributed by atoms with Crippen LogP contribution in [0.25, 0.3) is 0 Å². The molecule has 2 atom stereocenters. The molecule has 144 valence electrons. The summed E-state index contributed by atoms with van der Waals surface area (Å²) in [6, 6.07) is 5.11. The number of halogens is 1. The maximum Gasteiger partial charge on any atom is 0.194 e. The summed E-state index contributed by atoms with van der Waals surface area (Å²) in [6.07, 6.45) is 2.08.